The maximum absolute atomic E-state index is 10.5. The van der Waals surface area contributed by atoms with Crippen LogP contribution in [0.15, 0.2) is 0 Å². The minimum absolute atomic E-state index is 0.0511. The van der Waals surface area contributed by atoms with Gasteiger partial charge in [-0.05, 0) is 63.3 Å². The lowest BCUT2D eigenvalue weighted by Crippen LogP contribution is -2.50. The van der Waals surface area contributed by atoms with Gasteiger partial charge in [0.1, 0.15) is 0 Å². The molecule has 0 bridgehead atoms. The molecule has 0 radical (unpaired) electrons. The molecule has 0 spiro atoms. The van der Waals surface area contributed by atoms with Crippen LogP contribution in [0.25, 0.3) is 0 Å². The fraction of sp³-hybridized carbons (Fsp3) is 1.00. The van der Waals surface area contributed by atoms with Crippen molar-refractivity contribution in [1.29, 1.82) is 0 Å². The van der Waals surface area contributed by atoms with Crippen molar-refractivity contribution in [2.75, 3.05) is 6.54 Å². The average Bonchev–Trinajstić information content (AvgIpc) is 3.09. The number of nitrogens with zero attached hydrogens (tertiary/aromatic N) is 1. The Morgan fingerprint density at radius 3 is 2.47 bits per heavy atom. The molecule has 19 heavy (non-hydrogen) atoms. The molecule has 2 heteroatoms. The molecule has 1 aliphatic heterocycles. The highest BCUT2D eigenvalue weighted by molar-refractivity contribution is 4.95. The van der Waals surface area contributed by atoms with Gasteiger partial charge in [-0.2, -0.15) is 0 Å². The molecule has 4 atom stereocenters. The highest BCUT2D eigenvalue weighted by Crippen LogP contribution is 2.40. The Balaban J connectivity index is 1.68. The maximum atomic E-state index is 10.5. The lowest BCUT2D eigenvalue weighted by molar-refractivity contribution is -0.0128. The van der Waals surface area contributed by atoms with E-state index in [0.717, 1.165) is 24.3 Å². The van der Waals surface area contributed by atoms with Crippen LogP contribution in [-0.2, 0) is 0 Å². The van der Waals surface area contributed by atoms with Crippen molar-refractivity contribution in [1.82, 2.24) is 4.90 Å². The summed E-state index contributed by atoms with van der Waals surface area (Å²) in [6.07, 6.45) is 13.3. The van der Waals surface area contributed by atoms with Gasteiger partial charge in [0.2, 0.25) is 0 Å². The molecule has 1 heterocycles. The molecule has 0 aromatic rings. The summed E-state index contributed by atoms with van der Waals surface area (Å²) >= 11 is 0. The molecule has 3 rings (SSSR count). The minimum Gasteiger partial charge on any atom is -0.391 e. The topological polar surface area (TPSA) is 23.5 Å². The van der Waals surface area contributed by atoms with Gasteiger partial charge in [-0.3, -0.25) is 4.90 Å². The summed E-state index contributed by atoms with van der Waals surface area (Å²) in [6.45, 7) is 3.57. The van der Waals surface area contributed by atoms with E-state index in [9.17, 15) is 5.11 Å². The standard InChI is InChI=1S/C17H31NO/c1-2-13-9-10-17(19)16(12-13)18-11-5-8-15(18)14-6-3-4-7-14/h13-17,19H,2-12H2,1H3. The summed E-state index contributed by atoms with van der Waals surface area (Å²) in [7, 11) is 0. The molecule has 3 aliphatic rings. The Morgan fingerprint density at radius 2 is 1.74 bits per heavy atom. The van der Waals surface area contributed by atoms with Gasteiger partial charge in [-0.15, -0.1) is 0 Å². The second-order valence-corrected chi connectivity index (χ2v) is 7.21. The van der Waals surface area contributed by atoms with Gasteiger partial charge in [0.05, 0.1) is 6.10 Å². The van der Waals surface area contributed by atoms with Crippen LogP contribution in [-0.4, -0.2) is 34.7 Å². The summed E-state index contributed by atoms with van der Waals surface area (Å²) in [4.78, 5) is 2.74. The van der Waals surface area contributed by atoms with Gasteiger partial charge < -0.3 is 5.11 Å². The van der Waals surface area contributed by atoms with Gasteiger partial charge in [0, 0.05) is 12.1 Å². The van der Waals surface area contributed by atoms with Crippen molar-refractivity contribution in [2.24, 2.45) is 11.8 Å². The van der Waals surface area contributed by atoms with E-state index in [0.29, 0.717) is 6.04 Å². The number of aliphatic hydroxyl groups excluding tert-OH is 1. The van der Waals surface area contributed by atoms with E-state index in [2.05, 4.69) is 11.8 Å². The second-order valence-electron chi connectivity index (χ2n) is 7.21. The van der Waals surface area contributed by atoms with Crippen molar-refractivity contribution < 1.29 is 5.11 Å². The van der Waals surface area contributed by atoms with E-state index < -0.39 is 0 Å². The van der Waals surface area contributed by atoms with E-state index in [4.69, 9.17) is 0 Å². The molecule has 3 fully saturated rings. The minimum atomic E-state index is -0.0511. The predicted molar refractivity (Wildman–Crippen MR) is 79.1 cm³/mol. The third kappa shape index (κ3) is 2.85. The zero-order chi connectivity index (χ0) is 13.2. The number of likely N-dealkylation sites (tertiary alicyclic amines) is 1. The molecular weight excluding hydrogens is 234 g/mol. The van der Waals surface area contributed by atoms with Crippen LogP contribution >= 0.6 is 0 Å². The smallest absolute Gasteiger partial charge is 0.0695 e. The molecule has 1 saturated heterocycles. The summed E-state index contributed by atoms with van der Waals surface area (Å²) in [5, 5.41) is 10.5. The van der Waals surface area contributed by atoms with E-state index >= 15 is 0 Å². The first-order chi connectivity index (χ1) is 9.29. The summed E-state index contributed by atoms with van der Waals surface area (Å²) in [6, 6.07) is 1.28. The molecule has 4 unspecified atom stereocenters. The fourth-order valence-corrected chi connectivity index (χ4v) is 5.02. The predicted octanol–water partition coefficient (Wildman–Crippen LogP) is 3.58. The lowest BCUT2D eigenvalue weighted by atomic mass is 9.81. The van der Waals surface area contributed by atoms with Crippen molar-refractivity contribution in [3.05, 3.63) is 0 Å². The van der Waals surface area contributed by atoms with E-state index in [1.54, 1.807) is 0 Å². The molecule has 110 valence electrons. The summed E-state index contributed by atoms with van der Waals surface area (Å²) in [5.74, 6) is 1.80. The van der Waals surface area contributed by atoms with E-state index in [1.807, 2.05) is 0 Å². The van der Waals surface area contributed by atoms with E-state index in [1.165, 1.54) is 64.3 Å². The van der Waals surface area contributed by atoms with Crippen LogP contribution < -0.4 is 0 Å². The second kappa shape index (κ2) is 6.13. The first kappa shape index (κ1) is 13.9. The molecule has 2 nitrogen and oxygen atoms in total. The molecular formula is C17H31NO. The van der Waals surface area contributed by atoms with Gasteiger partial charge in [-0.1, -0.05) is 26.2 Å². The third-order valence-corrected chi connectivity index (χ3v) is 6.18. The quantitative estimate of drug-likeness (QED) is 0.843. The number of hydrogen-bond acceptors (Lipinski definition) is 2. The zero-order valence-corrected chi connectivity index (χ0v) is 12.6. The monoisotopic (exact) mass is 265 g/mol. The molecule has 0 amide bonds. The third-order valence-electron chi connectivity index (χ3n) is 6.18. The first-order valence-corrected chi connectivity index (χ1v) is 8.73. The lowest BCUT2D eigenvalue weighted by Gasteiger charge is -2.43. The van der Waals surface area contributed by atoms with Crippen molar-refractivity contribution >= 4 is 0 Å². The summed E-state index contributed by atoms with van der Waals surface area (Å²) in [5.41, 5.74) is 0. The fourth-order valence-electron chi connectivity index (χ4n) is 5.02. The highest BCUT2D eigenvalue weighted by atomic mass is 16.3. The SMILES string of the molecule is CCC1CCC(O)C(N2CCCC2C2CCCC2)C1. The average molecular weight is 265 g/mol. The van der Waals surface area contributed by atoms with Gasteiger partial charge in [0.25, 0.3) is 0 Å². The van der Waals surface area contributed by atoms with Crippen LogP contribution in [0.2, 0.25) is 0 Å². The van der Waals surface area contributed by atoms with E-state index in [-0.39, 0.29) is 6.10 Å². The zero-order valence-electron chi connectivity index (χ0n) is 12.6. The first-order valence-electron chi connectivity index (χ1n) is 8.73. The number of hydrogen-bond donors (Lipinski definition) is 1. The maximum Gasteiger partial charge on any atom is 0.0695 e. The van der Waals surface area contributed by atoms with Gasteiger partial charge in [0.15, 0.2) is 0 Å². The van der Waals surface area contributed by atoms with Gasteiger partial charge >= 0.3 is 0 Å². The Kier molecular flexibility index (Phi) is 4.48. The van der Waals surface area contributed by atoms with Crippen LogP contribution in [0.4, 0.5) is 0 Å². The summed E-state index contributed by atoms with van der Waals surface area (Å²) < 4.78 is 0. The highest BCUT2D eigenvalue weighted by Gasteiger charge is 2.41. The van der Waals surface area contributed by atoms with Crippen molar-refractivity contribution in [3.8, 4) is 0 Å². The number of rotatable bonds is 3. The molecule has 0 aromatic carbocycles. The van der Waals surface area contributed by atoms with Crippen molar-refractivity contribution in [3.63, 3.8) is 0 Å². The Hall–Kier alpha value is -0.0800. The molecule has 2 saturated carbocycles. The van der Waals surface area contributed by atoms with Crippen molar-refractivity contribution in [2.45, 2.75) is 89.3 Å². The molecule has 1 N–H and O–H groups in total. The molecule has 2 aliphatic carbocycles. The van der Waals surface area contributed by atoms with Crippen LogP contribution in [0.1, 0.15) is 71.1 Å². The Labute approximate surface area is 118 Å². The normalized spacial score (nSPS) is 42.0. The Bertz CT molecular complexity index is 287. The molecule has 0 aromatic heterocycles. The van der Waals surface area contributed by atoms with Crippen LogP contribution in [0, 0.1) is 11.8 Å². The largest absolute Gasteiger partial charge is 0.391 e. The number of aliphatic hydroxyl groups is 1. The Morgan fingerprint density at radius 1 is 0.947 bits per heavy atom. The van der Waals surface area contributed by atoms with Crippen LogP contribution in [0.3, 0.4) is 0 Å². The van der Waals surface area contributed by atoms with Gasteiger partial charge in [-0.25, -0.2) is 0 Å². The van der Waals surface area contributed by atoms with Crippen LogP contribution in [0.5, 0.6) is 0 Å².